The van der Waals surface area contributed by atoms with Crippen molar-refractivity contribution in [2.45, 2.75) is 31.3 Å². The molecule has 2 aromatic rings. The standard InChI is InChI=1S/C26H29N5O4/c1-3-24(33)30-15-7-8-20(17-30)31-23(28-18(2)32)16-26(29-31,25(27)34)19-11-13-22(14-12-19)35-21-9-5-4-6-10-21/h3-6,9-14,16,20,29H,1,7-8,15,17H2,2H3,(H2,27,34)(H,28,32). The van der Waals surface area contributed by atoms with E-state index in [1.807, 2.05) is 30.3 Å². The van der Waals surface area contributed by atoms with Crippen LogP contribution in [0.3, 0.4) is 0 Å². The predicted octanol–water partition coefficient (Wildman–Crippen LogP) is 2.13. The number of hydrogen-bond donors (Lipinski definition) is 3. The molecule has 3 amide bonds. The van der Waals surface area contributed by atoms with Crippen molar-refractivity contribution in [3.05, 3.63) is 84.7 Å². The molecule has 2 aliphatic heterocycles. The lowest BCUT2D eigenvalue weighted by Gasteiger charge is -2.40. The Bertz CT molecular complexity index is 1150. The molecular formula is C26H29N5O4. The smallest absolute Gasteiger partial charge is 0.248 e. The molecule has 0 saturated carbocycles. The van der Waals surface area contributed by atoms with Crippen LogP contribution in [-0.2, 0) is 19.9 Å². The highest BCUT2D eigenvalue weighted by Gasteiger charge is 2.46. The number of hydrogen-bond acceptors (Lipinski definition) is 6. The average Bonchev–Trinajstić information content (AvgIpc) is 3.24. The molecule has 0 bridgehead atoms. The van der Waals surface area contributed by atoms with Crippen LogP contribution < -0.4 is 21.2 Å². The Morgan fingerprint density at radius 3 is 2.46 bits per heavy atom. The first-order valence-electron chi connectivity index (χ1n) is 11.4. The van der Waals surface area contributed by atoms with E-state index in [2.05, 4.69) is 17.3 Å². The van der Waals surface area contributed by atoms with Gasteiger partial charge in [-0.1, -0.05) is 36.9 Å². The van der Waals surface area contributed by atoms with E-state index in [4.69, 9.17) is 10.5 Å². The fourth-order valence-corrected chi connectivity index (χ4v) is 4.44. The number of benzene rings is 2. The van der Waals surface area contributed by atoms with Crippen molar-refractivity contribution in [1.82, 2.24) is 20.7 Å². The molecule has 2 unspecified atom stereocenters. The number of piperidine rings is 1. The van der Waals surface area contributed by atoms with Crippen molar-refractivity contribution in [3.8, 4) is 11.5 Å². The third-order valence-corrected chi connectivity index (χ3v) is 6.14. The zero-order valence-corrected chi connectivity index (χ0v) is 19.6. The summed E-state index contributed by atoms with van der Waals surface area (Å²) < 4.78 is 5.86. The molecule has 0 spiro atoms. The van der Waals surface area contributed by atoms with Crippen LogP contribution in [0, 0.1) is 0 Å². The largest absolute Gasteiger partial charge is 0.457 e. The molecule has 35 heavy (non-hydrogen) atoms. The number of primary amides is 1. The molecule has 9 heteroatoms. The fraction of sp³-hybridized carbons (Fsp3) is 0.269. The molecule has 1 fully saturated rings. The highest BCUT2D eigenvalue weighted by molar-refractivity contribution is 5.90. The third kappa shape index (κ3) is 5.04. The van der Waals surface area contributed by atoms with E-state index in [0.717, 1.165) is 12.8 Å². The molecule has 182 valence electrons. The zero-order chi connectivity index (χ0) is 25.0. The molecule has 2 aromatic carbocycles. The normalized spacial score (nSPS) is 21.7. The summed E-state index contributed by atoms with van der Waals surface area (Å²) >= 11 is 0. The predicted molar refractivity (Wildman–Crippen MR) is 131 cm³/mol. The lowest BCUT2D eigenvalue weighted by Crippen LogP contribution is -2.59. The first kappa shape index (κ1) is 24.0. The number of nitrogens with two attached hydrogens (primary N) is 1. The first-order valence-corrected chi connectivity index (χ1v) is 11.4. The highest BCUT2D eigenvalue weighted by atomic mass is 16.5. The summed E-state index contributed by atoms with van der Waals surface area (Å²) in [6.45, 7) is 6.00. The summed E-state index contributed by atoms with van der Waals surface area (Å²) in [5.41, 5.74) is 8.35. The number of carbonyl (C=O) groups excluding carboxylic acids is 3. The van der Waals surface area contributed by atoms with Gasteiger partial charge in [0.1, 0.15) is 17.3 Å². The van der Waals surface area contributed by atoms with Gasteiger partial charge < -0.3 is 20.7 Å². The van der Waals surface area contributed by atoms with Crippen LogP contribution in [-0.4, -0.2) is 46.8 Å². The van der Waals surface area contributed by atoms with Crippen LogP contribution in [0.1, 0.15) is 25.3 Å². The average molecular weight is 476 g/mol. The van der Waals surface area contributed by atoms with Gasteiger partial charge in [-0.05, 0) is 54.8 Å². The van der Waals surface area contributed by atoms with E-state index in [9.17, 15) is 14.4 Å². The van der Waals surface area contributed by atoms with E-state index in [1.165, 1.54) is 13.0 Å². The van der Waals surface area contributed by atoms with Gasteiger partial charge >= 0.3 is 0 Å². The number of rotatable bonds is 7. The third-order valence-electron chi connectivity index (χ3n) is 6.14. The van der Waals surface area contributed by atoms with Gasteiger partial charge in [-0.25, -0.2) is 5.43 Å². The Labute approximate surface area is 204 Å². The second-order valence-corrected chi connectivity index (χ2v) is 8.59. The van der Waals surface area contributed by atoms with Crippen molar-refractivity contribution < 1.29 is 19.1 Å². The SMILES string of the molecule is C=CC(=O)N1CCCC(N2NC(C(N)=O)(c3ccc(Oc4ccccc4)cc3)C=C2NC(C)=O)C1. The van der Waals surface area contributed by atoms with Gasteiger partial charge in [0.15, 0.2) is 5.54 Å². The van der Waals surface area contributed by atoms with Gasteiger partial charge in [0.05, 0.1) is 6.04 Å². The van der Waals surface area contributed by atoms with Gasteiger partial charge in [-0.15, -0.1) is 0 Å². The fourth-order valence-electron chi connectivity index (χ4n) is 4.44. The summed E-state index contributed by atoms with van der Waals surface area (Å²) in [6.07, 6.45) is 4.43. The van der Waals surface area contributed by atoms with Gasteiger partial charge in [0.2, 0.25) is 17.7 Å². The van der Waals surface area contributed by atoms with Gasteiger partial charge in [0.25, 0.3) is 0 Å². The summed E-state index contributed by atoms with van der Waals surface area (Å²) in [5, 5.41) is 4.54. The molecule has 0 radical (unpaired) electrons. The molecular weight excluding hydrogens is 446 g/mol. The lowest BCUT2D eigenvalue weighted by atomic mass is 9.90. The van der Waals surface area contributed by atoms with E-state index in [1.54, 1.807) is 40.3 Å². The summed E-state index contributed by atoms with van der Waals surface area (Å²) in [6, 6.07) is 16.2. The minimum atomic E-state index is -1.40. The Morgan fingerprint density at radius 2 is 1.83 bits per heavy atom. The molecule has 2 atom stereocenters. The van der Waals surface area contributed by atoms with Crippen molar-refractivity contribution >= 4 is 17.7 Å². The number of ether oxygens (including phenoxy) is 1. The first-order chi connectivity index (χ1) is 16.8. The van der Waals surface area contributed by atoms with Gasteiger partial charge in [-0.2, -0.15) is 0 Å². The minimum Gasteiger partial charge on any atom is -0.457 e. The Hall–Kier alpha value is -4.11. The number of amides is 3. The van der Waals surface area contributed by atoms with Gasteiger partial charge in [-0.3, -0.25) is 19.4 Å². The van der Waals surface area contributed by atoms with Crippen LogP contribution in [0.25, 0.3) is 0 Å². The van der Waals surface area contributed by atoms with Crippen molar-refractivity contribution in [3.63, 3.8) is 0 Å². The molecule has 1 saturated heterocycles. The maximum absolute atomic E-state index is 12.8. The number of nitrogens with zero attached hydrogens (tertiary/aromatic N) is 2. The second-order valence-electron chi connectivity index (χ2n) is 8.59. The summed E-state index contributed by atoms with van der Waals surface area (Å²) in [4.78, 5) is 38.7. The van der Waals surface area contributed by atoms with E-state index in [-0.39, 0.29) is 17.9 Å². The van der Waals surface area contributed by atoms with Gasteiger partial charge in [0, 0.05) is 20.0 Å². The van der Waals surface area contributed by atoms with Crippen LogP contribution >= 0.6 is 0 Å². The van der Waals surface area contributed by atoms with Crippen LogP contribution in [0.4, 0.5) is 0 Å². The van der Waals surface area contributed by atoms with Crippen molar-refractivity contribution in [2.75, 3.05) is 13.1 Å². The summed E-state index contributed by atoms with van der Waals surface area (Å²) in [5.74, 6) is 0.636. The number of hydrazine groups is 1. The van der Waals surface area contributed by atoms with Crippen LogP contribution in [0.2, 0.25) is 0 Å². The maximum atomic E-state index is 12.8. The number of carbonyl (C=O) groups is 3. The van der Waals surface area contributed by atoms with Crippen molar-refractivity contribution in [1.29, 1.82) is 0 Å². The van der Waals surface area contributed by atoms with Crippen molar-refractivity contribution in [2.24, 2.45) is 5.73 Å². The molecule has 4 rings (SSSR count). The highest BCUT2D eigenvalue weighted by Crippen LogP contribution is 2.34. The van der Waals surface area contributed by atoms with E-state index < -0.39 is 11.4 Å². The molecule has 2 aliphatic rings. The molecule has 9 nitrogen and oxygen atoms in total. The molecule has 0 aromatic heterocycles. The molecule has 4 N–H and O–H groups in total. The summed E-state index contributed by atoms with van der Waals surface area (Å²) in [7, 11) is 0. The topological polar surface area (TPSA) is 117 Å². The molecule has 2 heterocycles. The maximum Gasteiger partial charge on any atom is 0.248 e. The zero-order valence-electron chi connectivity index (χ0n) is 19.6. The Morgan fingerprint density at radius 1 is 1.14 bits per heavy atom. The van der Waals surface area contributed by atoms with Crippen LogP contribution in [0.15, 0.2) is 79.1 Å². The number of nitrogens with one attached hydrogen (secondary N) is 2. The van der Waals surface area contributed by atoms with Crippen LogP contribution in [0.5, 0.6) is 11.5 Å². The molecule has 0 aliphatic carbocycles. The Balaban J connectivity index is 1.63. The quantitative estimate of drug-likeness (QED) is 0.528. The lowest BCUT2D eigenvalue weighted by molar-refractivity contribution is -0.129. The van der Waals surface area contributed by atoms with E-state index >= 15 is 0 Å². The number of likely N-dealkylation sites (tertiary alicyclic amines) is 1. The minimum absolute atomic E-state index is 0.158. The Kier molecular flexibility index (Phi) is 6.88. The monoisotopic (exact) mass is 475 g/mol. The van der Waals surface area contributed by atoms with E-state index in [0.29, 0.717) is 36.0 Å². The second kappa shape index (κ2) is 10.0. The number of para-hydroxylation sites is 1.